The number of carbonyl (C=O) groups is 1. The zero-order valence-electron chi connectivity index (χ0n) is 12.6. The van der Waals surface area contributed by atoms with Gasteiger partial charge in [0.25, 0.3) is 0 Å². The number of amides is 1. The summed E-state index contributed by atoms with van der Waals surface area (Å²) in [5.41, 5.74) is 0.847. The summed E-state index contributed by atoms with van der Waals surface area (Å²) in [4.78, 5) is 12.8. The molecule has 1 amide bonds. The first-order chi connectivity index (χ1) is 9.97. The fourth-order valence-corrected chi connectivity index (χ4v) is 3.69. The van der Waals surface area contributed by atoms with Gasteiger partial charge in [-0.05, 0) is 43.4 Å². The van der Waals surface area contributed by atoms with Crippen molar-refractivity contribution in [2.45, 2.75) is 46.0 Å². The van der Waals surface area contributed by atoms with Crippen molar-refractivity contribution in [1.29, 1.82) is 5.26 Å². The highest BCUT2D eigenvalue weighted by Gasteiger charge is 2.41. The number of nitriles is 1. The summed E-state index contributed by atoms with van der Waals surface area (Å²) >= 11 is 3.39. The first-order valence-electron chi connectivity index (χ1n) is 7.48. The Morgan fingerprint density at radius 1 is 1.43 bits per heavy atom. The van der Waals surface area contributed by atoms with E-state index in [-0.39, 0.29) is 11.3 Å². The summed E-state index contributed by atoms with van der Waals surface area (Å²) < 4.78 is 0.862. The van der Waals surface area contributed by atoms with E-state index in [1.54, 1.807) is 12.1 Å². The molecule has 0 spiro atoms. The van der Waals surface area contributed by atoms with Gasteiger partial charge in [-0.15, -0.1) is 0 Å². The lowest BCUT2D eigenvalue weighted by atomic mass is 9.77. The van der Waals surface area contributed by atoms with Crippen molar-refractivity contribution in [2.75, 3.05) is 5.32 Å². The smallest absolute Gasteiger partial charge is 0.230 e. The van der Waals surface area contributed by atoms with E-state index in [0.717, 1.165) is 36.6 Å². The van der Waals surface area contributed by atoms with Crippen molar-refractivity contribution in [2.24, 2.45) is 11.3 Å². The number of benzene rings is 1. The minimum Gasteiger partial charge on any atom is -0.324 e. The molecule has 0 radical (unpaired) electrons. The standard InChI is InChI=1S/C17H21BrN2O/c1-12(2)10-17(7-3-4-8-17)16(21)20-15-9-14(18)6-5-13(15)11-19/h5-6,9,12H,3-4,7-8,10H2,1-2H3,(H,20,21). The second-order valence-electron chi connectivity index (χ2n) is 6.34. The second-order valence-corrected chi connectivity index (χ2v) is 7.26. The van der Waals surface area contributed by atoms with Crippen LogP contribution in [0.15, 0.2) is 22.7 Å². The summed E-state index contributed by atoms with van der Waals surface area (Å²) in [6.45, 7) is 4.32. The molecule has 21 heavy (non-hydrogen) atoms. The van der Waals surface area contributed by atoms with E-state index in [4.69, 9.17) is 0 Å². The van der Waals surface area contributed by atoms with Gasteiger partial charge in [-0.1, -0.05) is 42.6 Å². The molecule has 1 N–H and O–H groups in total. The molecule has 0 bridgehead atoms. The van der Waals surface area contributed by atoms with Gasteiger partial charge >= 0.3 is 0 Å². The highest BCUT2D eigenvalue weighted by atomic mass is 79.9. The van der Waals surface area contributed by atoms with Crippen LogP contribution in [0.3, 0.4) is 0 Å². The van der Waals surface area contributed by atoms with Crippen LogP contribution in [-0.2, 0) is 4.79 Å². The molecule has 4 heteroatoms. The topological polar surface area (TPSA) is 52.9 Å². The molecule has 0 aliphatic heterocycles. The minimum absolute atomic E-state index is 0.0725. The maximum absolute atomic E-state index is 12.8. The number of hydrogen-bond donors (Lipinski definition) is 1. The molecule has 1 aliphatic rings. The van der Waals surface area contributed by atoms with Crippen LogP contribution in [0, 0.1) is 22.7 Å². The highest BCUT2D eigenvalue weighted by Crippen LogP contribution is 2.44. The Labute approximate surface area is 134 Å². The van der Waals surface area contributed by atoms with E-state index in [2.05, 4.69) is 41.2 Å². The molecule has 0 unspecified atom stereocenters. The fourth-order valence-electron chi connectivity index (χ4n) is 3.33. The third-order valence-electron chi connectivity index (χ3n) is 4.19. The largest absolute Gasteiger partial charge is 0.324 e. The maximum atomic E-state index is 12.8. The third-order valence-corrected chi connectivity index (χ3v) is 4.68. The van der Waals surface area contributed by atoms with Crippen LogP contribution in [0.1, 0.15) is 51.5 Å². The van der Waals surface area contributed by atoms with E-state index in [9.17, 15) is 10.1 Å². The van der Waals surface area contributed by atoms with E-state index < -0.39 is 0 Å². The Kier molecular flexibility index (Phi) is 5.05. The predicted octanol–water partition coefficient (Wildman–Crippen LogP) is 4.87. The van der Waals surface area contributed by atoms with Crippen LogP contribution < -0.4 is 5.32 Å². The number of hydrogen-bond acceptors (Lipinski definition) is 2. The predicted molar refractivity (Wildman–Crippen MR) is 87.8 cm³/mol. The van der Waals surface area contributed by atoms with Gasteiger partial charge in [0.1, 0.15) is 6.07 Å². The third kappa shape index (κ3) is 3.65. The minimum atomic E-state index is -0.261. The van der Waals surface area contributed by atoms with Crippen molar-refractivity contribution in [1.82, 2.24) is 0 Å². The SMILES string of the molecule is CC(C)CC1(C(=O)Nc2cc(Br)ccc2C#N)CCCC1. The summed E-state index contributed by atoms with van der Waals surface area (Å²) in [6.07, 6.45) is 5.04. The van der Waals surface area contributed by atoms with E-state index >= 15 is 0 Å². The molecule has 0 atom stereocenters. The van der Waals surface area contributed by atoms with Gasteiger partial charge < -0.3 is 5.32 Å². The molecule has 2 rings (SSSR count). The molecule has 1 aliphatic carbocycles. The van der Waals surface area contributed by atoms with Crippen LogP contribution in [0.2, 0.25) is 0 Å². The number of nitrogens with one attached hydrogen (secondary N) is 1. The maximum Gasteiger partial charge on any atom is 0.230 e. The van der Waals surface area contributed by atoms with E-state index in [1.807, 2.05) is 6.07 Å². The Bertz CT molecular complexity index is 569. The lowest BCUT2D eigenvalue weighted by Gasteiger charge is -2.29. The van der Waals surface area contributed by atoms with Crippen molar-refractivity contribution in [3.8, 4) is 6.07 Å². The molecule has 0 aromatic heterocycles. The molecule has 1 fully saturated rings. The highest BCUT2D eigenvalue weighted by molar-refractivity contribution is 9.10. The zero-order chi connectivity index (χ0) is 15.5. The Morgan fingerprint density at radius 3 is 2.67 bits per heavy atom. The van der Waals surface area contributed by atoms with E-state index in [1.165, 1.54) is 0 Å². The molecular weight excluding hydrogens is 328 g/mol. The first-order valence-corrected chi connectivity index (χ1v) is 8.27. The summed E-state index contributed by atoms with van der Waals surface area (Å²) in [5, 5.41) is 12.2. The van der Waals surface area contributed by atoms with E-state index in [0.29, 0.717) is 17.2 Å². The molecule has 0 heterocycles. The van der Waals surface area contributed by atoms with Gasteiger partial charge in [0.05, 0.1) is 11.3 Å². The number of anilines is 1. The fraction of sp³-hybridized carbons (Fsp3) is 0.529. The van der Waals surface area contributed by atoms with Crippen molar-refractivity contribution in [3.05, 3.63) is 28.2 Å². The molecule has 1 aromatic carbocycles. The van der Waals surface area contributed by atoms with Gasteiger partial charge in [-0.25, -0.2) is 0 Å². The number of carbonyl (C=O) groups excluding carboxylic acids is 1. The summed E-state index contributed by atoms with van der Waals surface area (Å²) in [7, 11) is 0. The number of halogens is 1. The zero-order valence-corrected chi connectivity index (χ0v) is 14.2. The van der Waals surface area contributed by atoms with Gasteiger partial charge in [0.15, 0.2) is 0 Å². The lowest BCUT2D eigenvalue weighted by molar-refractivity contribution is -0.126. The number of rotatable bonds is 4. The van der Waals surface area contributed by atoms with Gasteiger partial charge in [-0.2, -0.15) is 5.26 Å². The lowest BCUT2D eigenvalue weighted by Crippen LogP contribution is -2.35. The monoisotopic (exact) mass is 348 g/mol. The van der Waals surface area contributed by atoms with Gasteiger partial charge in [0.2, 0.25) is 5.91 Å². The molecule has 112 valence electrons. The molecule has 1 aromatic rings. The quantitative estimate of drug-likeness (QED) is 0.843. The summed E-state index contributed by atoms with van der Waals surface area (Å²) in [5.74, 6) is 0.565. The second kappa shape index (κ2) is 6.62. The summed E-state index contributed by atoms with van der Waals surface area (Å²) in [6, 6.07) is 7.48. The Morgan fingerprint density at radius 2 is 2.10 bits per heavy atom. The first kappa shape index (κ1) is 16.0. The molecule has 1 saturated carbocycles. The van der Waals surface area contributed by atoms with Crippen molar-refractivity contribution < 1.29 is 4.79 Å². The average molecular weight is 349 g/mol. The Balaban J connectivity index is 2.24. The molecular formula is C17H21BrN2O. The molecule has 3 nitrogen and oxygen atoms in total. The average Bonchev–Trinajstić information content (AvgIpc) is 2.88. The van der Waals surface area contributed by atoms with Gasteiger partial charge in [0, 0.05) is 9.89 Å². The van der Waals surface area contributed by atoms with Crippen molar-refractivity contribution in [3.63, 3.8) is 0 Å². The van der Waals surface area contributed by atoms with Crippen molar-refractivity contribution >= 4 is 27.5 Å². The molecule has 0 saturated heterocycles. The van der Waals surface area contributed by atoms with Crippen LogP contribution in [0.4, 0.5) is 5.69 Å². The van der Waals surface area contributed by atoms with Crippen LogP contribution in [0.25, 0.3) is 0 Å². The Hall–Kier alpha value is -1.34. The van der Waals surface area contributed by atoms with Crippen LogP contribution in [0.5, 0.6) is 0 Å². The van der Waals surface area contributed by atoms with Crippen LogP contribution >= 0.6 is 15.9 Å². The van der Waals surface area contributed by atoms with Crippen LogP contribution in [-0.4, -0.2) is 5.91 Å². The normalized spacial score (nSPS) is 16.7. The van der Waals surface area contributed by atoms with Gasteiger partial charge in [-0.3, -0.25) is 4.79 Å². The number of nitrogens with zero attached hydrogens (tertiary/aromatic N) is 1.